The molecule has 2 N–H and O–H groups in total. The number of pyridine rings is 1. The van der Waals surface area contributed by atoms with Crippen molar-refractivity contribution < 1.29 is 4.42 Å². The number of rotatable bonds is 7. The number of aromatic nitrogens is 3. The van der Waals surface area contributed by atoms with Crippen LogP contribution in [0.5, 0.6) is 0 Å². The fourth-order valence-electron chi connectivity index (χ4n) is 3.83. The molecule has 4 rings (SSSR count). The average molecular weight is 535 g/mol. The fourth-order valence-corrected chi connectivity index (χ4v) is 3.83. The van der Waals surface area contributed by atoms with Crippen LogP contribution in [0, 0.1) is 0 Å². The van der Waals surface area contributed by atoms with Gasteiger partial charge in [-0.1, -0.05) is 6.42 Å². The molecule has 9 heteroatoms. The Kier molecular flexibility index (Phi) is 8.89. The molecule has 1 aliphatic rings. The van der Waals surface area contributed by atoms with Gasteiger partial charge in [-0.25, -0.2) is 9.97 Å². The molecule has 3 aromatic heterocycles. The summed E-state index contributed by atoms with van der Waals surface area (Å²) in [5.41, 5.74) is 1.12. The van der Waals surface area contributed by atoms with Crippen molar-refractivity contribution >= 4 is 29.9 Å². The van der Waals surface area contributed by atoms with E-state index >= 15 is 0 Å². The number of hydrogen-bond acceptors (Lipinski definition) is 5. The van der Waals surface area contributed by atoms with Crippen LogP contribution in [0.4, 0.5) is 0 Å². The first kappa shape index (κ1) is 23.3. The van der Waals surface area contributed by atoms with E-state index in [-0.39, 0.29) is 30.0 Å². The van der Waals surface area contributed by atoms with Gasteiger partial charge in [-0.2, -0.15) is 0 Å². The smallest absolute Gasteiger partial charge is 0.191 e. The second-order valence-electron chi connectivity index (χ2n) is 7.43. The van der Waals surface area contributed by atoms with Crippen LogP contribution in [0.1, 0.15) is 36.6 Å². The molecule has 166 valence electrons. The predicted octanol–water partition coefficient (Wildman–Crippen LogP) is 3.37. The highest BCUT2D eigenvalue weighted by Crippen LogP contribution is 2.24. The molecular weight excluding hydrogens is 505 g/mol. The molecule has 31 heavy (non-hydrogen) atoms. The summed E-state index contributed by atoms with van der Waals surface area (Å²) in [6, 6.07) is 8.26. The summed E-state index contributed by atoms with van der Waals surface area (Å²) in [5.74, 6) is 2.61. The van der Waals surface area contributed by atoms with E-state index in [2.05, 4.69) is 36.6 Å². The minimum Gasteiger partial charge on any atom is -0.468 e. The lowest BCUT2D eigenvalue weighted by molar-refractivity contribution is 0.146. The van der Waals surface area contributed by atoms with Crippen LogP contribution in [0.15, 0.2) is 64.9 Å². The molecule has 4 heterocycles. The highest BCUT2D eigenvalue weighted by atomic mass is 127. The number of guanidine groups is 1. The lowest BCUT2D eigenvalue weighted by atomic mass is 10.1. The van der Waals surface area contributed by atoms with Gasteiger partial charge >= 0.3 is 0 Å². The van der Waals surface area contributed by atoms with Crippen molar-refractivity contribution in [1.82, 2.24) is 30.1 Å². The second-order valence-corrected chi connectivity index (χ2v) is 7.43. The normalized spacial score (nSPS) is 15.8. The summed E-state index contributed by atoms with van der Waals surface area (Å²) in [5, 5.41) is 6.87. The molecule has 3 aromatic rings. The molecular formula is C22H30IN7O. The van der Waals surface area contributed by atoms with E-state index in [0.29, 0.717) is 6.54 Å². The van der Waals surface area contributed by atoms with E-state index in [0.717, 1.165) is 42.7 Å². The van der Waals surface area contributed by atoms with E-state index in [9.17, 15) is 0 Å². The van der Waals surface area contributed by atoms with Crippen molar-refractivity contribution in [3.05, 3.63) is 66.8 Å². The highest BCUT2D eigenvalue weighted by molar-refractivity contribution is 14.0. The molecule has 1 aliphatic heterocycles. The van der Waals surface area contributed by atoms with Gasteiger partial charge in [0, 0.05) is 38.7 Å². The zero-order chi connectivity index (χ0) is 20.6. The minimum absolute atomic E-state index is 0. The summed E-state index contributed by atoms with van der Waals surface area (Å²) >= 11 is 0. The maximum atomic E-state index is 5.74. The van der Waals surface area contributed by atoms with Gasteiger partial charge in [0.2, 0.25) is 0 Å². The molecule has 1 fully saturated rings. The Balaban J connectivity index is 0.00000272. The first-order chi connectivity index (χ1) is 14.8. The predicted molar refractivity (Wildman–Crippen MR) is 132 cm³/mol. The largest absolute Gasteiger partial charge is 0.468 e. The lowest BCUT2D eigenvalue weighted by Crippen LogP contribution is -2.44. The standard InChI is InChI=1S/C22H29N7O.HI/c1-23-22(26-15-18-7-8-25-21(14-18)29-12-9-24-17-29)27-16-19(20-6-5-13-30-20)28-10-3-2-4-11-28;/h5-9,12-14,17,19H,2-4,10-11,15-16H2,1H3,(H2,23,26,27);1H. The molecule has 0 saturated carbocycles. The Morgan fingerprint density at radius 3 is 2.77 bits per heavy atom. The molecule has 0 aliphatic carbocycles. The van der Waals surface area contributed by atoms with Crippen LogP contribution in [0.25, 0.3) is 5.82 Å². The van der Waals surface area contributed by atoms with Gasteiger partial charge in [-0.05, 0) is 55.8 Å². The number of nitrogens with zero attached hydrogens (tertiary/aromatic N) is 5. The minimum atomic E-state index is 0. The summed E-state index contributed by atoms with van der Waals surface area (Å²) < 4.78 is 7.63. The third-order valence-electron chi connectivity index (χ3n) is 5.43. The van der Waals surface area contributed by atoms with Crippen molar-refractivity contribution in [1.29, 1.82) is 0 Å². The zero-order valence-electron chi connectivity index (χ0n) is 17.8. The van der Waals surface area contributed by atoms with Crippen LogP contribution in [0.3, 0.4) is 0 Å². The third kappa shape index (κ3) is 6.30. The third-order valence-corrected chi connectivity index (χ3v) is 5.43. The van der Waals surface area contributed by atoms with Gasteiger partial charge in [-0.15, -0.1) is 24.0 Å². The number of likely N-dealkylation sites (tertiary alicyclic amines) is 1. The van der Waals surface area contributed by atoms with Crippen LogP contribution >= 0.6 is 24.0 Å². The Morgan fingerprint density at radius 1 is 1.19 bits per heavy atom. The number of aliphatic imine (C=N–C) groups is 1. The molecule has 0 amide bonds. The molecule has 1 atom stereocenters. The molecule has 0 bridgehead atoms. The monoisotopic (exact) mass is 535 g/mol. The Bertz CT molecular complexity index is 921. The average Bonchev–Trinajstić information content (AvgIpc) is 3.52. The number of halogens is 1. The topological polar surface area (TPSA) is 83.5 Å². The first-order valence-electron chi connectivity index (χ1n) is 10.5. The SMILES string of the molecule is CN=C(NCc1ccnc(-n2ccnc2)c1)NCC(c1ccco1)N1CCCCC1.I. The van der Waals surface area contributed by atoms with E-state index in [1.807, 2.05) is 35.2 Å². The van der Waals surface area contributed by atoms with Crippen molar-refractivity contribution in [3.63, 3.8) is 0 Å². The molecule has 1 saturated heterocycles. The van der Waals surface area contributed by atoms with E-state index in [1.54, 1.807) is 25.8 Å². The van der Waals surface area contributed by atoms with Crippen LogP contribution in [0.2, 0.25) is 0 Å². The summed E-state index contributed by atoms with van der Waals surface area (Å²) in [7, 11) is 1.79. The number of furan rings is 1. The second kappa shape index (κ2) is 11.8. The molecule has 8 nitrogen and oxygen atoms in total. The maximum Gasteiger partial charge on any atom is 0.191 e. The van der Waals surface area contributed by atoms with Crippen LogP contribution in [-0.2, 0) is 6.54 Å². The number of hydrogen-bond donors (Lipinski definition) is 2. The molecule has 0 radical (unpaired) electrons. The van der Waals surface area contributed by atoms with E-state index in [1.165, 1.54) is 19.3 Å². The number of imidazole rings is 1. The summed E-state index contributed by atoms with van der Waals surface area (Å²) in [4.78, 5) is 15.4. The Labute approximate surface area is 200 Å². The highest BCUT2D eigenvalue weighted by Gasteiger charge is 2.24. The number of piperidine rings is 1. The fraction of sp³-hybridized carbons (Fsp3) is 0.409. The van der Waals surface area contributed by atoms with Crippen LogP contribution < -0.4 is 10.6 Å². The molecule has 0 aromatic carbocycles. The lowest BCUT2D eigenvalue weighted by Gasteiger charge is -2.33. The van der Waals surface area contributed by atoms with Crippen molar-refractivity contribution in [2.24, 2.45) is 4.99 Å². The van der Waals surface area contributed by atoms with E-state index < -0.39 is 0 Å². The van der Waals surface area contributed by atoms with Crippen LogP contribution in [-0.4, -0.2) is 52.1 Å². The van der Waals surface area contributed by atoms with Gasteiger partial charge in [0.15, 0.2) is 5.96 Å². The summed E-state index contributed by atoms with van der Waals surface area (Å²) in [6.45, 7) is 3.60. The summed E-state index contributed by atoms with van der Waals surface area (Å²) in [6.07, 6.45) is 12.7. The van der Waals surface area contributed by atoms with Gasteiger partial charge in [0.25, 0.3) is 0 Å². The molecule has 1 unspecified atom stereocenters. The maximum absolute atomic E-state index is 5.74. The molecule has 0 spiro atoms. The number of nitrogens with one attached hydrogen (secondary N) is 2. The van der Waals surface area contributed by atoms with Crippen molar-refractivity contribution in [3.8, 4) is 5.82 Å². The Hall–Kier alpha value is -2.40. The van der Waals surface area contributed by atoms with E-state index in [4.69, 9.17) is 4.42 Å². The van der Waals surface area contributed by atoms with Crippen molar-refractivity contribution in [2.45, 2.75) is 31.8 Å². The van der Waals surface area contributed by atoms with Crippen molar-refractivity contribution in [2.75, 3.05) is 26.7 Å². The quantitative estimate of drug-likeness (QED) is 0.274. The Morgan fingerprint density at radius 2 is 2.06 bits per heavy atom. The van der Waals surface area contributed by atoms with Gasteiger partial charge < -0.3 is 15.1 Å². The van der Waals surface area contributed by atoms with Gasteiger partial charge in [0.1, 0.15) is 17.9 Å². The first-order valence-corrected chi connectivity index (χ1v) is 10.5. The van der Waals surface area contributed by atoms with Gasteiger partial charge in [-0.3, -0.25) is 14.5 Å². The van der Waals surface area contributed by atoms with Gasteiger partial charge in [0.05, 0.1) is 12.3 Å². The zero-order valence-corrected chi connectivity index (χ0v) is 20.1.